The van der Waals surface area contributed by atoms with Crippen molar-refractivity contribution in [1.82, 2.24) is 9.97 Å². The Morgan fingerprint density at radius 1 is 0.903 bits per heavy atom. The number of aromatic nitrogens is 2. The summed E-state index contributed by atoms with van der Waals surface area (Å²) in [5.41, 5.74) is 5.71. The minimum absolute atomic E-state index is 0. The maximum Gasteiger partial charge on any atom is 0.128 e. The molecule has 5 heteroatoms. The summed E-state index contributed by atoms with van der Waals surface area (Å²) in [4.78, 5) is 8.78. The van der Waals surface area contributed by atoms with Gasteiger partial charge in [-0.25, -0.2) is 0 Å². The van der Waals surface area contributed by atoms with Crippen LogP contribution >= 0.6 is 0 Å². The molecule has 0 aliphatic heterocycles. The van der Waals surface area contributed by atoms with Crippen molar-refractivity contribution in [1.29, 1.82) is 0 Å². The van der Waals surface area contributed by atoms with Crippen LogP contribution < -0.4 is 4.74 Å². The average molecular weight is 585 g/mol. The first-order valence-electron chi connectivity index (χ1n) is 9.53. The second kappa shape index (κ2) is 10.7. The van der Waals surface area contributed by atoms with Gasteiger partial charge in [0.25, 0.3) is 0 Å². The molecule has 3 aromatic heterocycles. The van der Waals surface area contributed by atoms with E-state index in [4.69, 9.17) is 9.15 Å². The Morgan fingerprint density at radius 2 is 1.81 bits per heavy atom. The summed E-state index contributed by atoms with van der Waals surface area (Å²) >= 11 is 0. The Balaban J connectivity index is 0.000000176. The van der Waals surface area contributed by atoms with Gasteiger partial charge in [0.1, 0.15) is 5.58 Å². The van der Waals surface area contributed by atoms with Gasteiger partial charge in [-0.15, -0.1) is 65.7 Å². The maximum atomic E-state index is 5.35. The number of benzene rings is 2. The maximum absolute atomic E-state index is 5.35. The molecule has 0 saturated carbocycles. The Morgan fingerprint density at radius 3 is 2.52 bits per heavy atom. The summed E-state index contributed by atoms with van der Waals surface area (Å²) in [5.74, 6) is 0.785. The molecular weight excluding hydrogens is 565 g/mol. The summed E-state index contributed by atoms with van der Waals surface area (Å²) < 4.78 is 10.5. The molecule has 0 atom stereocenters. The van der Waals surface area contributed by atoms with E-state index in [1.807, 2.05) is 73.7 Å². The molecule has 0 bridgehead atoms. The zero-order chi connectivity index (χ0) is 20.8. The topological polar surface area (TPSA) is 48.2 Å². The molecule has 5 rings (SSSR count). The smallest absolute Gasteiger partial charge is 0.128 e. The third-order valence-corrected chi connectivity index (χ3v) is 4.53. The first-order chi connectivity index (χ1) is 14.7. The van der Waals surface area contributed by atoms with Crippen molar-refractivity contribution in [3.8, 4) is 28.3 Å². The summed E-state index contributed by atoms with van der Waals surface area (Å²) in [6, 6.07) is 29.6. The van der Waals surface area contributed by atoms with E-state index in [1.165, 1.54) is 0 Å². The zero-order valence-electron chi connectivity index (χ0n) is 17.1. The van der Waals surface area contributed by atoms with Crippen LogP contribution in [-0.4, -0.2) is 17.1 Å². The van der Waals surface area contributed by atoms with E-state index in [-0.39, 0.29) is 20.1 Å². The number of aryl methyl sites for hydroxylation is 1. The van der Waals surface area contributed by atoms with Crippen molar-refractivity contribution >= 4 is 11.0 Å². The fraction of sp³-hybridized carbons (Fsp3) is 0.0769. The fourth-order valence-electron chi connectivity index (χ4n) is 3.04. The molecule has 0 fully saturated rings. The van der Waals surface area contributed by atoms with Gasteiger partial charge < -0.3 is 19.1 Å². The quantitative estimate of drug-likeness (QED) is 0.239. The van der Waals surface area contributed by atoms with Gasteiger partial charge >= 0.3 is 0 Å². The minimum Gasteiger partial charge on any atom is -0.540 e. The van der Waals surface area contributed by atoms with Crippen molar-refractivity contribution in [3.05, 3.63) is 103 Å². The molecule has 0 N–H and O–H groups in total. The van der Waals surface area contributed by atoms with Crippen LogP contribution in [0.15, 0.2) is 89.7 Å². The van der Waals surface area contributed by atoms with Crippen molar-refractivity contribution < 1.29 is 29.3 Å². The average Bonchev–Trinajstić information content (AvgIpc) is 3.29. The van der Waals surface area contributed by atoms with Crippen molar-refractivity contribution in [2.75, 3.05) is 7.11 Å². The van der Waals surface area contributed by atoms with Crippen molar-refractivity contribution in [2.24, 2.45) is 0 Å². The molecule has 0 aliphatic carbocycles. The molecule has 5 aromatic rings. The third-order valence-electron chi connectivity index (χ3n) is 4.53. The number of methoxy groups -OCH3 is 1. The molecule has 0 spiro atoms. The van der Waals surface area contributed by atoms with Crippen LogP contribution in [0.2, 0.25) is 0 Å². The first-order valence-corrected chi connectivity index (χ1v) is 9.53. The van der Waals surface area contributed by atoms with Gasteiger partial charge in [-0.1, -0.05) is 12.1 Å². The second-order valence-electron chi connectivity index (χ2n) is 6.57. The number of hydrogen-bond donors (Lipinski definition) is 0. The van der Waals surface area contributed by atoms with E-state index in [1.54, 1.807) is 25.6 Å². The first kappa shape index (κ1) is 22.4. The Hall–Kier alpha value is -3.27. The molecule has 2 aromatic carbocycles. The van der Waals surface area contributed by atoms with Crippen LogP contribution in [0.4, 0.5) is 0 Å². The summed E-state index contributed by atoms with van der Waals surface area (Å²) in [7, 11) is 1.64. The molecule has 4 nitrogen and oxygen atoms in total. The van der Waals surface area contributed by atoms with Crippen LogP contribution in [0.25, 0.3) is 33.5 Å². The number of furan rings is 1. The second-order valence-corrected chi connectivity index (χ2v) is 6.57. The summed E-state index contributed by atoms with van der Waals surface area (Å²) in [5, 5.41) is 0.994. The number of fused-ring (bicyclic) bond motifs is 1. The van der Waals surface area contributed by atoms with Crippen LogP contribution in [-0.2, 0) is 20.1 Å². The molecule has 0 saturated heterocycles. The Labute approximate surface area is 195 Å². The van der Waals surface area contributed by atoms with E-state index >= 15 is 0 Å². The van der Waals surface area contributed by atoms with Gasteiger partial charge in [0.2, 0.25) is 0 Å². The van der Waals surface area contributed by atoms with Crippen LogP contribution in [0, 0.1) is 19.1 Å². The van der Waals surface area contributed by atoms with Gasteiger partial charge in [-0.2, -0.15) is 0 Å². The normalized spacial score (nSPS) is 10.0. The molecule has 0 unspecified atom stereocenters. The Kier molecular flexibility index (Phi) is 7.71. The predicted molar refractivity (Wildman–Crippen MR) is 118 cm³/mol. The summed E-state index contributed by atoms with van der Waals surface area (Å²) in [6.45, 7) is 1.99. The number of pyridine rings is 2. The number of ether oxygens (including phenoxy) is 1. The molecule has 1 radical (unpaired) electrons. The van der Waals surface area contributed by atoms with E-state index in [9.17, 15) is 0 Å². The monoisotopic (exact) mass is 585 g/mol. The third kappa shape index (κ3) is 5.46. The molecular formula is C26H20IrN2O2-2. The van der Waals surface area contributed by atoms with E-state index in [0.717, 1.165) is 44.9 Å². The van der Waals surface area contributed by atoms with Gasteiger partial charge in [0.05, 0.1) is 13.4 Å². The molecule has 0 amide bonds. The number of rotatable bonds is 3. The number of hydrogen-bond acceptors (Lipinski definition) is 4. The standard InChI is InChI=1S/C14H10NO2.C12H10N.Ir/c1-16-11-4-2-10(3-5-11)14-12-7-9-17-13(12)6-8-15-14;1-10-6-5-9-12(13-10)11-7-3-2-4-8-11;/h2,4-9H,1H3;2-7,9H,1H3;/q2*-1;. The zero-order valence-corrected chi connectivity index (χ0v) is 19.5. The van der Waals surface area contributed by atoms with Crippen LogP contribution in [0.1, 0.15) is 5.69 Å². The SMILES string of the molecule is COc1c[c-]c(-c2nccc3occc23)cc1.Cc1cccc(-c2[c-]cccc2)n1.[Ir]. The van der Waals surface area contributed by atoms with Crippen molar-refractivity contribution in [3.63, 3.8) is 0 Å². The largest absolute Gasteiger partial charge is 0.540 e. The van der Waals surface area contributed by atoms with Gasteiger partial charge in [-0.3, -0.25) is 0 Å². The molecule has 0 aliphatic rings. The van der Waals surface area contributed by atoms with E-state index in [0.29, 0.717) is 0 Å². The minimum atomic E-state index is 0. The molecule has 31 heavy (non-hydrogen) atoms. The predicted octanol–water partition coefficient (Wildman–Crippen LogP) is 6.16. The summed E-state index contributed by atoms with van der Waals surface area (Å²) in [6.07, 6.45) is 3.40. The Bertz CT molecular complexity index is 1240. The van der Waals surface area contributed by atoms with Gasteiger partial charge in [-0.05, 0) is 36.5 Å². The van der Waals surface area contributed by atoms with E-state index in [2.05, 4.69) is 22.1 Å². The van der Waals surface area contributed by atoms with Gasteiger partial charge in [0.15, 0.2) is 0 Å². The molecule has 157 valence electrons. The molecule has 3 heterocycles. The number of nitrogens with zero attached hydrogens (tertiary/aromatic N) is 2. The van der Waals surface area contributed by atoms with Crippen LogP contribution in [0.3, 0.4) is 0 Å². The van der Waals surface area contributed by atoms with Gasteiger partial charge in [0, 0.05) is 43.1 Å². The van der Waals surface area contributed by atoms with E-state index < -0.39 is 0 Å². The fourth-order valence-corrected chi connectivity index (χ4v) is 3.04. The van der Waals surface area contributed by atoms with Crippen molar-refractivity contribution in [2.45, 2.75) is 6.92 Å². The van der Waals surface area contributed by atoms with Crippen LogP contribution in [0.5, 0.6) is 5.75 Å².